The van der Waals surface area contributed by atoms with Crippen molar-refractivity contribution in [1.29, 1.82) is 0 Å². The van der Waals surface area contributed by atoms with Crippen LogP contribution in [0.2, 0.25) is 0 Å². The topological polar surface area (TPSA) is 109 Å². The van der Waals surface area contributed by atoms with Gasteiger partial charge in [0, 0.05) is 5.38 Å². The second-order valence-electron chi connectivity index (χ2n) is 5.54. The van der Waals surface area contributed by atoms with Gasteiger partial charge < -0.3 is 15.4 Å². The molecule has 1 aliphatic rings. The Morgan fingerprint density at radius 3 is 2.67 bits per heavy atom. The third-order valence-corrected chi connectivity index (χ3v) is 3.29. The van der Waals surface area contributed by atoms with Crippen molar-refractivity contribution in [3.05, 3.63) is 16.6 Å². The number of nitrogens with zero attached hydrogens (tertiary/aromatic N) is 1. The van der Waals surface area contributed by atoms with E-state index in [9.17, 15) is 14.4 Å². The maximum Gasteiger partial charge on any atom is 0.407 e. The van der Waals surface area contributed by atoms with Gasteiger partial charge in [0.05, 0.1) is 17.7 Å². The molecule has 0 saturated carbocycles. The summed E-state index contributed by atoms with van der Waals surface area (Å²) in [4.78, 5) is 39.3. The van der Waals surface area contributed by atoms with Crippen LogP contribution in [-0.2, 0) is 15.1 Å². The van der Waals surface area contributed by atoms with E-state index < -0.39 is 29.2 Å². The second-order valence-corrected chi connectivity index (χ2v) is 6.26. The van der Waals surface area contributed by atoms with E-state index >= 15 is 0 Å². The lowest BCUT2D eigenvalue weighted by Gasteiger charge is -2.26. The minimum atomic E-state index is -1.41. The van der Waals surface area contributed by atoms with Crippen molar-refractivity contribution in [2.24, 2.45) is 0 Å². The Hall–Kier alpha value is -2.16. The molecule has 9 heteroatoms. The Morgan fingerprint density at radius 2 is 2.19 bits per heavy atom. The van der Waals surface area contributed by atoms with Gasteiger partial charge in [-0.15, -0.1) is 11.3 Å². The number of aromatic nitrogens is 1. The zero-order valence-electron chi connectivity index (χ0n) is 11.9. The molecular weight excluding hydrogens is 296 g/mol. The number of imide groups is 1. The molecule has 0 radical (unpaired) electrons. The summed E-state index contributed by atoms with van der Waals surface area (Å²) in [5.74, 6) is -0.561. The number of nitrogens with one attached hydrogen (secondary N) is 3. The molecular formula is C12H16N4O4S. The fraction of sp³-hybridized carbons (Fsp3) is 0.500. The van der Waals surface area contributed by atoms with Crippen molar-refractivity contribution >= 4 is 29.4 Å². The van der Waals surface area contributed by atoms with Gasteiger partial charge in [0.15, 0.2) is 5.54 Å². The average Bonchev–Trinajstić information content (AvgIpc) is 2.93. The van der Waals surface area contributed by atoms with Crippen LogP contribution in [0.15, 0.2) is 10.9 Å². The summed E-state index contributed by atoms with van der Waals surface area (Å²) < 4.78 is 5.11. The van der Waals surface area contributed by atoms with Crippen molar-refractivity contribution in [2.45, 2.75) is 31.9 Å². The van der Waals surface area contributed by atoms with E-state index in [0.717, 1.165) is 0 Å². The van der Waals surface area contributed by atoms with Gasteiger partial charge >= 0.3 is 12.1 Å². The Balaban J connectivity index is 2.14. The molecule has 21 heavy (non-hydrogen) atoms. The standard InChI is InChI=1S/C12H16N4O4S/c1-11(2,3)20-10(19)13-5-12(7-4-21-6-14-7)8(17)15-9(18)16-12/h4,6H,5H2,1-3H3,(H,13,19)(H2,15,16,17,18)/t12-/m1/s1. The first-order valence-corrected chi connectivity index (χ1v) is 7.16. The van der Waals surface area contributed by atoms with Crippen molar-refractivity contribution in [1.82, 2.24) is 20.9 Å². The zero-order chi connectivity index (χ0) is 15.7. The fourth-order valence-corrected chi connectivity index (χ4v) is 2.46. The number of carbonyl (C=O) groups is 3. The highest BCUT2D eigenvalue weighted by molar-refractivity contribution is 7.07. The molecule has 0 aliphatic carbocycles. The van der Waals surface area contributed by atoms with Crippen LogP contribution in [0.1, 0.15) is 26.5 Å². The van der Waals surface area contributed by atoms with Gasteiger partial charge in [-0.1, -0.05) is 0 Å². The minimum absolute atomic E-state index is 0.150. The number of carbonyl (C=O) groups excluding carboxylic acids is 3. The number of thiazole rings is 1. The van der Waals surface area contributed by atoms with Gasteiger partial charge in [0.25, 0.3) is 5.91 Å². The average molecular weight is 312 g/mol. The first-order chi connectivity index (χ1) is 9.73. The van der Waals surface area contributed by atoms with Crippen molar-refractivity contribution in [3.8, 4) is 0 Å². The third-order valence-electron chi connectivity index (χ3n) is 2.71. The highest BCUT2D eigenvalue weighted by atomic mass is 32.1. The molecule has 0 unspecified atom stereocenters. The highest BCUT2D eigenvalue weighted by Gasteiger charge is 2.49. The SMILES string of the molecule is CC(C)(C)OC(=O)NC[C@]1(c2cscn2)NC(=O)NC1=O. The van der Waals surface area contributed by atoms with E-state index in [2.05, 4.69) is 20.9 Å². The van der Waals surface area contributed by atoms with Crippen LogP contribution < -0.4 is 16.0 Å². The van der Waals surface area contributed by atoms with Gasteiger partial charge in [-0.25, -0.2) is 14.6 Å². The number of ether oxygens (including phenoxy) is 1. The number of alkyl carbamates (subject to hydrolysis) is 1. The van der Waals surface area contributed by atoms with Crippen LogP contribution >= 0.6 is 11.3 Å². The molecule has 0 bridgehead atoms. The molecule has 0 aromatic carbocycles. The molecule has 8 nitrogen and oxygen atoms in total. The molecule has 1 aliphatic heterocycles. The third kappa shape index (κ3) is 3.30. The molecule has 4 amide bonds. The summed E-state index contributed by atoms with van der Waals surface area (Å²) >= 11 is 1.29. The summed E-state index contributed by atoms with van der Waals surface area (Å²) in [6.07, 6.45) is -0.675. The normalized spacial score (nSPS) is 21.7. The quantitative estimate of drug-likeness (QED) is 0.712. The van der Waals surface area contributed by atoms with Gasteiger partial charge in [-0.05, 0) is 20.8 Å². The van der Waals surface area contributed by atoms with E-state index in [-0.39, 0.29) is 6.54 Å². The number of urea groups is 1. The summed E-state index contributed by atoms with van der Waals surface area (Å²) in [7, 11) is 0. The van der Waals surface area contributed by atoms with Crippen LogP contribution in [0.25, 0.3) is 0 Å². The number of hydrogen-bond acceptors (Lipinski definition) is 6. The molecule has 114 valence electrons. The lowest BCUT2D eigenvalue weighted by atomic mass is 9.96. The van der Waals surface area contributed by atoms with Crippen LogP contribution in [0.5, 0.6) is 0 Å². The summed E-state index contributed by atoms with van der Waals surface area (Å²) in [6.45, 7) is 5.04. The largest absolute Gasteiger partial charge is 0.444 e. The highest BCUT2D eigenvalue weighted by Crippen LogP contribution is 2.24. The Kier molecular flexibility index (Phi) is 3.86. The monoisotopic (exact) mass is 312 g/mol. The van der Waals surface area contributed by atoms with E-state index in [0.29, 0.717) is 5.69 Å². The van der Waals surface area contributed by atoms with E-state index in [4.69, 9.17) is 4.74 Å². The minimum Gasteiger partial charge on any atom is -0.444 e. The Morgan fingerprint density at radius 1 is 1.48 bits per heavy atom. The summed E-state index contributed by atoms with van der Waals surface area (Å²) in [5.41, 5.74) is -0.151. The van der Waals surface area contributed by atoms with Crippen LogP contribution in [-0.4, -0.2) is 35.2 Å². The molecule has 0 spiro atoms. The second kappa shape index (κ2) is 5.32. The van der Waals surface area contributed by atoms with Gasteiger partial charge in [0.1, 0.15) is 5.60 Å². The van der Waals surface area contributed by atoms with Gasteiger partial charge in [-0.2, -0.15) is 0 Å². The molecule has 1 atom stereocenters. The van der Waals surface area contributed by atoms with Crippen LogP contribution in [0, 0.1) is 0 Å². The number of rotatable bonds is 3. The molecule has 2 rings (SSSR count). The predicted molar refractivity (Wildman–Crippen MR) is 74.7 cm³/mol. The first kappa shape index (κ1) is 15.2. The fourth-order valence-electron chi connectivity index (χ4n) is 1.83. The number of hydrogen-bond donors (Lipinski definition) is 3. The lowest BCUT2D eigenvalue weighted by Crippen LogP contribution is -2.53. The van der Waals surface area contributed by atoms with Crippen LogP contribution in [0.4, 0.5) is 9.59 Å². The summed E-state index contributed by atoms with van der Waals surface area (Å²) in [6, 6.07) is -0.626. The molecule has 1 aromatic heterocycles. The maximum atomic E-state index is 12.1. The van der Waals surface area contributed by atoms with Crippen LogP contribution in [0.3, 0.4) is 0 Å². The van der Waals surface area contributed by atoms with E-state index in [1.54, 1.807) is 31.7 Å². The van der Waals surface area contributed by atoms with Crippen molar-refractivity contribution in [3.63, 3.8) is 0 Å². The van der Waals surface area contributed by atoms with Crippen molar-refractivity contribution < 1.29 is 19.1 Å². The van der Waals surface area contributed by atoms with E-state index in [1.165, 1.54) is 11.3 Å². The Labute approximate surface area is 125 Å². The van der Waals surface area contributed by atoms with Crippen molar-refractivity contribution in [2.75, 3.05) is 6.54 Å². The maximum absolute atomic E-state index is 12.1. The molecule has 1 aromatic rings. The molecule has 1 fully saturated rings. The molecule has 1 saturated heterocycles. The number of amides is 4. The smallest absolute Gasteiger partial charge is 0.407 e. The Bertz CT molecular complexity index is 566. The first-order valence-electron chi connectivity index (χ1n) is 6.22. The van der Waals surface area contributed by atoms with Gasteiger partial charge in [-0.3, -0.25) is 10.1 Å². The zero-order valence-corrected chi connectivity index (χ0v) is 12.7. The summed E-state index contributed by atoms with van der Waals surface area (Å²) in [5, 5.41) is 8.79. The predicted octanol–water partition coefficient (Wildman–Crippen LogP) is 0.703. The molecule has 3 N–H and O–H groups in total. The van der Waals surface area contributed by atoms with Gasteiger partial charge in [0.2, 0.25) is 0 Å². The molecule has 2 heterocycles. The van der Waals surface area contributed by atoms with E-state index in [1.807, 2.05) is 0 Å². The lowest BCUT2D eigenvalue weighted by molar-refractivity contribution is -0.124.